The summed E-state index contributed by atoms with van der Waals surface area (Å²) < 4.78 is 0. The predicted octanol–water partition coefficient (Wildman–Crippen LogP) is 0.0161. The molecule has 0 amide bonds. The van der Waals surface area contributed by atoms with Crippen molar-refractivity contribution >= 4 is 11.9 Å². The van der Waals surface area contributed by atoms with Crippen molar-refractivity contribution in [1.29, 1.82) is 0 Å². The van der Waals surface area contributed by atoms with Crippen molar-refractivity contribution in [2.45, 2.75) is 0 Å². The van der Waals surface area contributed by atoms with Crippen molar-refractivity contribution in [3.63, 3.8) is 0 Å². The molecule has 0 aliphatic carbocycles. The Morgan fingerprint density at radius 3 is 2.73 bits per heavy atom. The van der Waals surface area contributed by atoms with E-state index in [9.17, 15) is 14.9 Å². The average Bonchev–Trinajstić information content (AvgIpc) is 2.33. The molecule has 11 heavy (non-hydrogen) atoms. The second-order valence-electron chi connectivity index (χ2n) is 1.68. The molecule has 2 N–H and O–H groups in total. The number of nitrogens with one attached hydrogen (secondary N) is 1. The van der Waals surface area contributed by atoms with Crippen LogP contribution in [-0.4, -0.2) is 26.0 Å². The van der Waals surface area contributed by atoms with E-state index >= 15 is 0 Å². The second kappa shape index (κ2) is 2.37. The van der Waals surface area contributed by atoms with Crippen LogP contribution in [0.25, 0.3) is 0 Å². The number of imidazole rings is 1. The summed E-state index contributed by atoms with van der Waals surface area (Å²) >= 11 is 0. The van der Waals surface area contributed by atoms with Gasteiger partial charge in [-0.3, -0.25) is 0 Å². The van der Waals surface area contributed by atoms with Gasteiger partial charge in [0.2, 0.25) is 5.69 Å². The highest BCUT2D eigenvalue weighted by Crippen LogP contribution is 2.03. The van der Waals surface area contributed by atoms with Crippen LogP contribution in [0.5, 0.6) is 0 Å². The number of hydrogen-bond acceptors (Lipinski definition) is 4. The molecule has 0 aliphatic heterocycles. The first-order valence-corrected chi connectivity index (χ1v) is 2.54. The first-order valence-electron chi connectivity index (χ1n) is 2.54. The fourth-order valence-corrected chi connectivity index (χ4v) is 0.512. The van der Waals surface area contributed by atoms with Crippen molar-refractivity contribution in [2.75, 3.05) is 0 Å². The van der Waals surface area contributed by atoms with Crippen molar-refractivity contribution in [3.05, 3.63) is 22.0 Å². The number of rotatable bonds is 2. The van der Waals surface area contributed by atoms with Gasteiger partial charge in [0.25, 0.3) is 0 Å². The fraction of sp³-hybridized carbons (Fsp3) is 0. The van der Waals surface area contributed by atoms with Crippen molar-refractivity contribution in [3.8, 4) is 0 Å². The number of aromatic amines is 1. The van der Waals surface area contributed by atoms with Crippen LogP contribution in [0.4, 0.5) is 5.95 Å². The number of aromatic carboxylic acids is 1. The minimum absolute atomic E-state index is 0.295. The molecule has 0 unspecified atom stereocenters. The molecule has 0 saturated carbocycles. The molecule has 1 rings (SSSR count). The van der Waals surface area contributed by atoms with Crippen LogP contribution in [0, 0.1) is 10.1 Å². The summed E-state index contributed by atoms with van der Waals surface area (Å²) in [5, 5.41) is 18.2. The second-order valence-corrected chi connectivity index (χ2v) is 1.68. The zero-order valence-electron chi connectivity index (χ0n) is 5.14. The van der Waals surface area contributed by atoms with Gasteiger partial charge in [-0.2, -0.15) is 0 Å². The lowest BCUT2D eigenvalue weighted by Crippen LogP contribution is -1.96. The van der Waals surface area contributed by atoms with Gasteiger partial charge in [0, 0.05) is 0 Å². The van der Waals surface area contributed by atoms with E-state index in [0.29, 0.717) is 0 Å². The molecule has 0 radical (unpaired) electrons. The number of hydrogen-bond donors (Lipinski definition) is 2. The van der Waals surface area contributed by atoms with Gasteiger partial charge in [0.1, 0.15) is 0 Å². The van der Waals surface area contributed by atoms with Gasteiger partial charge in [0.15, 0.2) is 6.20 Å². The predicted molar refractivity (Wildman–Crippen MR) is 32.2 cm³/mol. The molecule has 0 bridgehead atoms. The molecular formula is C4H3N3O4. The molecular weight excluding hydrogens is 154 g/mol. The topological polar surface area (TPSA) is 109 Å². The van der Waals surface area contributed by atoms with Gasteiger partial charge in [0.05, 0.1) is 0 Å². The Kier molecular flexibility index (Phi) is 1.55. The lowest BCUT2D eigenvalue weighted by atomic mass is 10.5. The molecule has 0 saturated heterocycles. The van der Waals surface area contributed by atoms with E-state index in [1.807, 2.05) is 4.98 Å². The summed E-state index contributed by atoms with van der Waals surface area (Å²) in [5.41, 5.74) is -0.295. The van der Waals surface area contributed by atoms with E-state index in [1.165, 1.54) is 0 Å². The van der Waals surface area contributed by atoms with Gasteiger partial charge in [-0.25, -0.2) is 9.78 Å². The molecule has 0 spiro atoms. The summed E-state index contributed by atoms with van der Waals surface area (Å²) in [6.45, 7) is 0. The van der Waals surface area contributed by atoms with E-state index in [0.717, 1.165) is 6.20 Å². The Balaban J connectivity index is 2.99. The minimum atomic E-state index is -1.27. The summed E-state index contributed by atoms with van der Waals surface area (Å²) in [6, 6.07) is 0. The van der Waals surface area contributed by atoms with Crippen LogP contribution in [0.2, 0.25) is 0 Å². The van der Waals surface area contributed by atoms with E-state index in [1.54, 1.807) is 0 Å². The lowest BCUT2D eigenvalue weighted by molar-refractivity contribution is -0.393. The third-order valence-electron chi connectivity index (χ3n) is 0.966. The largest absolute Gasteiger partial charge is 0.475 e. The number of nitro groups is 1. The molecule has 7 nitrogen and oxygen atoms in total. The molecule has 1 aromatic heterocycles. The maximum absolute atomic E-state index is 10.1. The number of carbonyl (C=O) groups is 1. The van der Waals surface area contributed by atoms with Crippen LogP contribution in [0.3, 0.4) is 0 Å². The van der Waals surface area contributed by atoms with Crippen molar-refractivity contribution in [2.24, 2.45) is 0 Å². The maximum atomic E-state index is 10.1. The van der Waals surface area contributed by atoms with E-state index in [4.69, 9.17) is 5.11 Å². The fourth-order valence-electron chi connectivity index (χ4n) is 0.512. The van der Waals surface area contributed by atoms with Gasteiger partial charge >= 0.3 is 11.9 Å². The van der Waals surface area contributed by atoms with E-state index < -0.39 is 16.8 Å². The number of nitrogens with zero attached hydrogens (tertiary/aromatic N) is 2. The van der Waals surface area contributed by atoms with Gasteiger partial charge < -0.3 is 15.2 Å². The first-order chi connectivity index (χ1) is 5.11. The Morgan fingerprint density at radius 2 is 2.45 bits per heavy atom. The Labute approximate surface area is 59.8 Å². The Bertz CT molecular complexity index is 276. The normalized spacial score (nSPS) is 9.45. The van der Waals surface area contributed by atoms with Crippen LogP contribution in [-0.2, 0) is 0 Å². The molecule has 1 aromatic rings. The van der Waals surface area contributed by atoms with Gasteiger partial charge in [-0.15, -0.1) is 0 Å². The van der Waals surface area contributed by atoms with Crippen LogP contribution >= 0.6 is 0 Å². The zero-order chi connectivity index (χ0) is 8.43. The maximum Gasteiger partial charge on any atom is 0.432 e. The van der Waals surface area contributed by atoms with Crippen LogP contribution < -0.4 is 0 Å². The van der Waals surface area contributed by atoms with Crippen LogP contribution in [0.15, 0.2) is 6.20 Å². The van der Waals surface area contributed by atoms with Gasteiger partial charge in [-0.05, 0) is 4.92 Å². The molecule has 0 atom stereocenters. The van der Waals surface area contributed by atoms with Crippen molar-refractivity contribution < 1.29 is 14.8 Å². The highest BCUT2D eigenvalue weighted by Gasteiger charge is 2.15. The molecule has 0 aromatic carbocycles. The van der Waals surface area contributed by atoms with E-state index in [2.05, 4.69) is 4.98 Å². The molecule has 0 fully saturated rings. The zero-order valence-corrected chi connectivity index (χ0v) is 5.14. The summed E-state index contributed by atoms with van der Waals surface area (Å²) in [4.78, 5) is 24.5. The molecule has 1 heterocycles. The molecule has 58 valence electrons. The summed E-state index contributed by atoms with van der Waals surface area (Å²) in [5.74, 6) is -1.84. The molecule has 0 aliphatic rings. The highest BCUT2D eigenvalue weighted by molar-refractivity contribution is 5.85. The summed E-state index contributed by atoms with van der Waals surface area (Å²) in [6.07, 6.45) is 0.889. The third kappa shape index (κ3) is 1.31. The number of aromatic nitrogens is 2. The molecule has 7 heteroatoms. The van der Waals surface area contributed by atoms with Crippen molar-refractivity contribution in [1.82, 2.24) is 9.97 Å². The Morgan fingerprint density at radius 1 is 1.82 bits per heavy atom. The lowest BCUT2D eigenvalue weighted by Gasteiger charge is -1.85. The Hall–Kier alpha value is -1.92. The number of carboxylic acids is 1. The van der Waals surface area contributed by atoms with Gasteiger partial charge in [-0.1, -0.05) is 4.98 Å². The quantitative estimate of drug-likeness (QED) is 0.464. The summed E-state index contributed by atoms with van der Waals surface area (Å²) in [7, 11) is 0. The number of carboxylic acid groups (broad SMARTS) is 1. The van der Waals surface area contributed by atoms with E-state index in [-0.39, 0.29) is 5.69 Å². The SMILES string of the molecule is O=C(O)c1cnc([N+](=O)[O-])[nH]1. The monoisotopic (exact) mass is 157 g/mol. The average molecular weight is 157 g/mol. The smallest absolute Gasteiger partial charge is 0.432 e. The number of H-pyrrole nitrogens is 1. The standard InChI is InChI=1S/C4H3N3O4/c8-3(9)2-1-5-4(6-2)7(10)11/h1H,(H,5,6)(H,8,9). The highest BCUT2D eigenvalue weighted by atomic mass is 16.6. The first kappa shape index (κ1) is 7.19. The third-order valence-corrected chi connectivity index (χ3v) is 0.966. The van der Waals surface area contributed by atoms with Crippen LogP contribution in [0.1, 0.15) is 10.5 Å². The minimum Gasteiger partial charge on any atom is -0.475 e.